The van der Waals surface area contributed by atoms with E-state index in [1.807, 2.05) is 39.0 Å². The fraction of sp³-hybridized carbons (Fsp3) is 0.250. The summed E-state index contributed by atoms with van der Waals surface area (Å²) in [6.07, 6.45) is 0. The van der Waals surface area contributed by atoms with E-state index in [4.69, 9.17) is 16.3 Å². The predicted octanol–water partition coefficient (Wildman–Crippen LogP) is 4.55. The zero-order chi connectivity index (χ0) is 14.0. The summed E-state index contributed by atoms with van der Waals surface area (Å²) in [7, 11) is 0. The third-order valence-electron chi connectivity index (χ3n) is 3.32. The lowest BCUT2D eigenvalue weighted by molar-refractivity contribution is 0.276. The molecule has 2 nitrogen and oxygen atoms in total. The predicted molar refractivity (Wildman–Crippen MR) is 78.1 cm³/mol. The van der Waals surface area contributed by atoms with E-state index in [-0.39, 0.29) is 6.61 Å². The fourth-order valence-electron chi connectivity index (χ4n) is 1.98. The zero-order valence-corrected chi connectivity index (χ0v) is 12.1. The van der Waals surface area contributed by atoms with E-state index in [0.717, 1.165) is 16.9 Å². The summed E-state index contributed by atoms with van der Waals surface area (Å²) in [5, 5.41) is 9.92. The number of rotatable bonds is 3. The summed E-state index contributed by atoms with van der Waals surface area (Å²) in [5.41, 5.74) is 3.95. The molecule has 0 aromatic heterocycles. The van der Waals surface area contributed by atoms with Gasteiger partial charge in [-0.2, -0.15) is 0 Å². The summed E-state index contributed by atoms with van der Waals surface area (Å²) in [6.45, 7) is 5.94. The standard InChI is InChI=1S/C16H17ClO2/c1-10-7-8-11(2)16(12(10)3)19-15-6-4-5-14(17)13(15)9-18/h4-8,18H,9H2,1-3H3. The molecule has 0 aliphatic rings. The Morgan fingerprint density at radius 2 is 1.74 bits per heavy atom. The van der Waals surface area contributed by atoms with Gasteiger partial charge in [-0.3, -0.25) is 0 Å². The molecule has 3 heteroatoms. The van der Waals surface area contributed by atoms with Gasteiger partial charge in [0.25, 0.3) is 0 Å². The van der Waals surface area contributed by atoms with Crippen molar-refractivity contribution >= 4 is 11.6 Å². The van der Waals surface area contributed by atoms with Crippen LogP contribution in [0.2, 0.25) is 5.02 Å². The molecule has 2 rings (SSSR count). The highest BCUT2D eigenvalue weighted by Crippen LogP contribution is 2.34. The lowest BCUT2D eigenvalue weighted by atomic mass is 10.1. The van der Waals surface area contributed by atoms with Crippen molar-refractivity contribution in [1.82, 2.24) is 0 Å². The molecular formula is C16H17ClO2. The molecule has 0 atom stereocenters. The average molecular weight is 277 g/mol. The minimum absolute atomic E-state index is 0.140. The second-order valence-electron chi connectivity index (χ2n) is 4.63. The molecule has 2 aromatic rings. The van der Waals surface area contributed by atoms with Crippen molar-refractivity contribution in [3.8, 4) is 11.5 Å². The van der Waals surface area contributed by atoms with Crippen LogP contribution in [0.5, 0.6) is 11.5 Å². The van der Waals surface area contributed by atoms with Crippen LogP contribution in [-0.4, -0.2) is 5.11 Å². The second kappa shape index (κ2) is 5.64. The van der Waals surface area contributed by atoms with Gasteiger partial charge in [0, 0.05) is 10.6 Å². The van der Waals surface area contributed by atoms with E-state index in [0.29, 0.717) is 16.3 Å². The topological polar surface area (TPSA) is 29.5 Å². The van der Waals surface area contributed by atoms with Crippen LogP contribution < -0.4 is 4.74 Å². The van der Waals surface area contributed by atoms with Gasteiger partial charge in [-0.05, 0) is 49.6 Å². The third-order valence-corrected chi connectivity index (χ3v) is 3.67. The van der Waals surface area contributed by atoms with E-state index < -0.39 is 0 Å². The number of aliphatic hydroxyl groups is 1. The number of benzene rings is 2. The first kappa shape index (κ1) is 13.9. The average Bonchev–Trinajstić information content (AvgIpc) is 2.39. The highest BCUT2D eigenvalue weighted by Gasteiger charge is 2.12. The normalized spacial score (nSPS) is 10.6. The largest absolute Gasteiger partial charge is 0.456 e. The van der Waals surface area contributed by atoms with Crippen molar-refractivity contribution in [3.05, 3.63) is 57.6 Å². The Hall–Kier alpha value is -1.51. The molecule has 0 saturated carbocycles. The van der Waals surface area contributed by atoms with Crippen LogP contribution in [0.3, 0.4) is 0 Å². The van der Waals surface area contributed by atoms with Crippen LogP contribution in [-0.2, 0) is 6.61 Å². The van der Waals surface area contributed by atoms with Crippen molar-refractivity contribution in [1.29, 1.82) is 0 Å². The molecule has 19 heavy (non-hydrogen) atoms. The van der Waals surface area contributed by atoms with Crippen LogP contribution in [0.15, 0.2) is 30.3 Å². The van der Waals surface area contributed by atoms with Gasteiger partial charge >= 0.3 is 0 Å². The first-order valence-corrected chi connectivity index (χ1v) is 6.55. The molecule has 0 saturated heterocycles. The Labute approximate surface area is 118 Å². The fourth-order valence-corrected chi connectivity index (χ4v) is 2.21. The molecule has 1 N–H and O–H groups in total. The van der Waals surface area contributed by atoms with Crippen molar-refractivity contribution in [2.24, 2.45) is 0 Å². The molecule has 0 unspecified atom stereocenters. The molecule has 0 fully saturated rings. The lowest BCUT2D eigenvalue weighted by Gasteiger charge is -2.16. The van der Waals surface area contributed by atoms with Gasteiger partial charge in [0.2, 0.25) is 0 Å². The van der Waals surface area contributed by atoms with Gasteiger partial charge in [0.1, 0.15) is 11.5 Å². The Kier molecular flexibility index (Phi) is 4.13. The molecular weight excluding hydrogens is 260 g/mol. The maximum absolute atomic E-state index is 9.41. The van der Waals surface area contributed by atoms with Crippen molar-refractivity contribution in [2.75, 3.05) is 0 Å². The monoisotopic (exact) mass is 276 g/mol. The molecule has 0 aliphatic heterocycles. The molecule has 0 radical (unpaired) electrons. The summed E-state index contributed by atoms with van der Waals surface area (Å²) in [6, 6.07) is 9.48. The highest BCUT2D eigenvalue weighted by atomic mass is 35.5. The number of hydrogen-bond donors (Lipinski definition) is 1. The molecule has 0 spiro atoms. The number of hydrogen-bond acceptors (Lipinski definition) is 2. The maximum Gasteiger partial charge on any atom is 0.134 e. The highest BCUT2D eigenvalue weighted by molar-refractivity contribution is 6.31. The molecule has 0 heterocycles. The van der Waals surface area contributed by atoms with Crippen LogP contribution in [0.4, 0.5) is 0 Å². The van der Waals surface area contributed by atoms with Gasteiger partial charge in [-0.15, -0.1) is 0 Å². The summed E-state index contributed by atoms with van der Waals surface area (Å²) in [4.78, 5) is 0. The zero-order valence-electron chi connectivity index (χ0n) is 11.3. The number of halogens is 1. The Morgan fingerprint density at radius 3 is 2.42 bits per heavy atom. The van der Waals surface area contributed by atoms with Crippen LogP contribution in [0, 0.1) is 20.8 Å². The second-order valence-corrected chi connectivity index (χ2v) is 5.04. The minimum Gasteiger partial charge on any atom is -0.456 e. The van der Waals surface area contributed by atoms with Gasteiger partial charge < -0.3 is 9.84 Å². The minimum atomic E-state index is -0.140. The van der Waals surface area contributed by atoms with Gasteiger partial charge in [-0.1, -0.05) is 29.8 Å². The van der Waals surface area contributed by atoms with Crippen LogP contribution in [0.25, 0.3) is 0 Å². The number of aliphatic hydroxyl groups excluding tert-OH is 1. The Morgan fingerprint density at radius 1 is 1.05 bits per heavy atom. The Bertz CT molecular complexity index is 606. The van der Waals surface area contributed by atoms with Crippen molar-refractivity contribution in [3.63, 3.8) is 0 Å². The Balaban J connectivity index is 2.48. The lowest BCUT2D eigenvalue weighted by Crippen LogP contribution is -1.97. The maximum atomic E-state index is 9.41. The van der Waals surface area contributed by atoms with Crippen molar-refractivity contribution < 1.29 is 9.84 Å². The summed E-state index contributed by atoms with van der Waals surface area (Å²) in [5.74, 6) is 1.43. The quantitative estimate of drug-likeness (QED) is 0.891. The first-order chi connectivity index (χ1) is 9.04. The van der Waals surface area contributed by atoms with Crippen LogP contribution in [0.1, 0.15) is 22.3 Å². The molecule has 100 valence electrons. The van der Waals surface area contributed by atoms with E-state index >= 15 is 0 Å². The van der Waals surface area contributed by atoms with Gasteiger partial charge in [0.15, 0.2) is 0 Å². The number of aryl methyl sites for hydroxylation is 2. The summed E-state index contributed by atoms with van der Waals surface area (Å²) >= 11 is 6.07. The van der Waals surface area contributed by atoms with Crippen molar-refractivity contribution in [2.45, 2.75) is 27.4 Å². The molecule has 2 aromatic carbocycles. The summed E-state index contributed by atoms with van der Waals surface area (Å²) < 4.78 is 5.98. The number of ether oxygens (including phenoxy) is 1. The van der Waals surface area contributed by atoms with Gasteiger partial charge in [0.05, 0.1) is 6.61 Å². The third kappa shape index (κ3) is 2.75. The SMILES string of the molecule is Cc1ccc(C)c(Oc2cccc(Cl)c2CO)c1C. The molecule has 0 bridgehead atoms. The molecule has 0 amide bonds. The molecule has 0 aliphatic carbocycles. The van der Waals surface area contributed by atoms with E-state index in [9.17, 15) is 5.11 Å². The van der Waals surface area contributed by atoms with E-state index in [2.05, 4.69) is 6.07 Å². The first-order valence-electron chi connectivity index (χ1n) is 6.17. The van der Waals surface area contributed by atoms with E-state index in [1.165, 1.54) is 5.56 Å². The van der Waals surface area contributed by atoms with Crippen LogP contribution >= 0.6 is 11.6 Å². The van der Waals surface area contributed by atoms with Gasteiger partial charge in [-0.25, -0.2) is 0 Å². The smallest absolute Gasteiger partial charge is 0.134 e. The van der Waals surface area contributed by atoms with E-state index in [1.54, 1.807) is 6.07 Å².